The highest BCUT2D eigenvalue weighted by molar-refractivity contribution is 7.47. The van der Waals surface area contributed by atoms with Crippen molar-refractivity contribution in [1.82, 2.24) is 0 Å². The van der Waals surface area contributed by atoms with Gasteiger partial charge in [0.15, 0.2) is 0 Å². The van der Waals surface area contributed by atoms with Crippen molar-refractivity contribution >= 4 is 19.7 Å². The summed E-state index contributed by atoms with van der Waals surface area (Å²) in [4.78, 5) is 32.4. The smallest absolute Gasteiger partial charge is 0.472 e. The van der Waals surface area contributed by atoms with Crippen molar-refractivity contribution < 1.29 is 37.6 Å². The molecular formula is C26H45N2O8P. The van der Waals surface area contributed by atoms with E-state index in [0.717, 1.165) is 24.2 Å². The second kappa shape index (κ2) is 20.1. The van der Waals surface area contributed by atoms with Crippen LogP contribution >= 0.6 is 7.82 Å². The summed E-state index contributed by atoms with van der Waals surface area (Å²) in [6, 6.07) is 6.47. The molecule has 0 aliphatic heterocycles. The zero-order valence-electron chi connectivity index (χ0n) is 22.1. The molecule has 11 heteroatoms. The van der Waals surface area contributed by atoms with Crippen LogP contribution in [-0.2, 0) is 34.4 Å². The SMILES string of the molecule is CCCCCCCCCCCOc1ccccc1CCC(=O)OCCCOP(=O)(O)OC[C@H](N)C(N)=O. The van der Waals surface area contributed by atoms with Crippen molar-refractivity contribution in [3.05, 3.63) is 29.8 Å². The molecule has 1 unspecified atom stereocenters. The van der Waals surface area contributed by atoms with E-state index in [4.69, 9.17) is 25.5 Å². The van der Waals surface area contributed by atoms with Crippen LogP contribution < -0.4 is 16.2 Å². The summed E-state index contributed by atoms with van der Waals surface area (Å²) in [7, 11) is -4.37. The summed E-state index contributed by atoms with van der Waals surface area (Å²) in [5.41, 5.74) is 11.2. The van der Waals surface area contributed by atoms with E-state index in [9.17, 15) is 19.0 Å². The highest BCUT2D eigenvalue weighted by Crippen LogP contribution is 2.43. The molecule has 1 aromatic carbocycles. The van der Waals surface area contributed by atoms with Gasteiger partial charge in [-0.1, -0.05) is 76.5 Å². The van der Waals surface area contributed by atoms with E-state index in [1.165, 1.54) is 44.9 Å². The predicted octanol–water partition coefficient (Wildman–Crippen LogP) is 4.41. The number of phosphoric acid groups is 1. The van der Waals surface area contributed by atoms with Gasteiger partial charge < -0.3 is 25.8 Å². The van der Waals surface area contributed by atoms with E-state index >= 15 is 0 Å². The first-order chi connectivity index (χ1) is 17.7. The summed E-state index contributed by atoms with van der Waals surface area (Å²) in [5, 5.41) is 0. The number of phosphoric ester groups is 1. The largest absolute Gasteiger partial charge is 0.493 e. The Morgan fingerprint density at radius 3 is 2.24 bits per heavy atom. The van der Waals surface area contributed by atoms with Crippen LogP contribution in [0.25, 0.3) is 0 Å². The van der Waals surface area contributed by atoms with Gasteiger partial charge in [0.05, 0.1) is 26.4 Å². The molecule has 0 saturated carbocycles. The Kier molecular flexibility index (Phi) is 17.9. The quantitative estimate of drug-likeness (QED) is 0.103. The minimum Gasteiger partial charge on any atom is -0.493 e. The normalized spacial score (nSPS) is 13.6. The van der Waals surface area contributed by atoms with Crippen molar-refractivity contribution in [2.45, 2.75) is 90.0 Å². The molecule has 0 fully saturated rings. The Morgan fingerprint density at radius 1 is 0.919 bits per heavy atom. The third-order valence-corrected chi connectivity index (χ3v) is 6.65. The van der Waals surface area contributed by atoms with Gasteiger partial charge in [0.25, 0.3) is 0 Å². The number of unbranched alkanes of at least 4 members (excludes halogenated alkanes) is 8. The molecule has 1 aromatic rings. The van der Waals surface area contributed by atoms with Crippen LogP contribution in [0.4, 0.5) is 0 Å². The van der Waals surface area contributed by atoms with Crippen molar-refractivity contribution in [2.24, 2.45) is 11.5 Å². The lowest BCUT2D eigenvalue weighted by molar-refractivity contribution is -0.143. The number of rotatable bonds is 23. The first-order valence-electron chi connectivity index (χ1n) is 13.3. The maximum absolute atomic E-state index is 12.1. The molecule has 0 aromatic heterocycles. The Hall–Kier alpha value is -1.97. The molecule has 0 saturated heterocycles. The van der Waals surface area contributed by atoms with Gasteiger partial charge in [0.2, 0.25) is 5.91 Å². The monoisotopic (exact) mass is 544 g/mol. The van der Waals surface area contributed by atoms with Crippen LogP contribution in [0.5, 0.6) is 5.75 Å². The van der Waals surface area contributed by atoms with Gasteiger partial charge in [0.1, 0.15) is 11.8 Å². The average Bonchev–Trinajstić information content (AvgIpc) is 2.87. The van der Waals surface area contributed by atoms with Crippen LogP contribution in [0.3, 0.4) is 0 Å². The Balaban J connectivity index is 2.18. The first-order valence-corrected chi connectivity index (χ1v) is 14.8. The summed E-state index contributed by atoms with van der Waals surface area (Å²) < 4.78 is 32.2. The van der Waals surface area contributed by atoms with Crippen molar-refractivity contribution in [3.63, 3.8) is 0 Å². The number of carbonyl (C=O) groups excluding carboxylic acids is 2. The molecule has 10 nitrogen and oxygen atoms in total. The van der Waals surface area contributed by atoms with E-state index in [1.54, 1.807) is 0 Å². The molecule has 1 amide bonds. The molecule has 37 heavy (non-hydrogen) atoms. The standard InChI is InChI=1S/C26H45N2O8P/c1-2-3-4-5-6-7-8-9-12-18-33-24-15-11-10-14-22(24)16-17-25(29)34-19-13-20-35-37(31,32)36-21-23(27)26(28)30/h10-11,14-15,23H,2-9,12-13,16-21,27H2,1H3,(H2,28,30)(H,31,32)/t23-/m0/s1. The van der Waals surface area contributed by atoms with Crippen LogP contribution in [0.2, 0.25) is 0 Å². The van der Waals surface area contributed by atoms with Crippen molar-refractivity contribution in [1.29, 1.82) is 0 Å². The number of hydrogen-bond acceptors (Lipinski definition) is 8. The Morgan fingerprint density at radius 2 is 1.57 bits per heavy atom. The lowest BCUT2D eigenvalue weighted by atomic mass is 10.1. The summed E-state index contributed by atoms with van der Waals surface area (Å²) >= 11 is 0. The number of nitrogens with two attached hydrogens (primary N) is 2. The number of primary amides is 1. The Bertz CT molecular complexity index is 824. The minimum absolute atomic E-state index is 0.0242. The predicted molar refractivity (Wildman–Crippen MR) is 142 cm³/mol. The molecule has 0 bridgehead atoms. The van der Waals surface area contributed by atoms with Crippen molar-refractivity contribution in [2.75, 3.05) is 26.4 Å². The first kappa shape index (κ1) is 33.1. The number of ether oxygens (including phenoxy) is 2. The molecule has 0 spiro atoms. The maximum atomic E-state index is 12.1. The molecule has 0 aliphatic carbocycles. The van der Waals surface area contributed by atoms with Crippen LogP contribution in [0.15, 0.2) is 24.3 Å². The summed E-state index contributed by atoms with van der Waals surface area (Å²) in [5.74, 6) is -0.456. The zero-order valence-corrected chi connectivity index (χ0v) is 23.0. The highest BCUT2D eigenvalue weighted by Gasteiger charge is 2.23. The number of para-hydroxylation sites is 1. The summed E-state index contributed by atoms with van der Waals surface area (Å²) in [6.07, 6.45) is 12.2. The van der Waals surface area contributed by atoms with Gasteiger partial charge >= 0.3 is 13.8 Å². The molecule has 0 heterocycles. The molecule has 0 aliphatic rings. The number of benzene rings is 1. The molecule has 0 radical (unpaired) electrons. The Labute approximate surface area is 221 Å². The molecular weight excluding hydrogens is 499 g/mol. The van der Waals surface area contributed by atoms with E-state index in [1.807, 2.05) is 24.3 Å². The van der Waals surface area contributed by atoms with Gasteiger partial charge in [-0.3, -0.25) is 18.6 Å². The topological polar surface area (TPSA) is 160 Å². The molecule has 1 rings (SSSR count). The molecule has 212 valence electrons. The van der Waals surface area contributed by atoms with Gasteiger partial charge in [-0.05, 0) is 24.5 Å². The maximum Gasteiger partial charge on any atom is 0.472 e. The fourth-order valence-electron chi connectivity index (χ4n) is 3.47. The van der Waals surface area contributed by atoms with E-state index in [-0.39, 0.29) is 32.0 Å². The fourth-order valence-corrected chi connectivity index (χ4v) is 4.26. The lowest BCUT2D eigenvalue weighted by Gasteiger charge is -2.14. The number of esters is 1. The minimum atomic E-state index is -4.37. The van der Waals surface area contributed by atoms with Gasteiger partial charge in [-0.2, -0.15) is 0 Å². The molecule has 2 atom stereocenters. The second-order valence-electron chi connectivity index (χ2n) is 8.97. The number of amides is 1. The zero-order chi connectivity index (χ0) is 27.4. The van der Waals surface area contributed by atoms with Gasteiger partial charge in [-0.25, -0.2) is 4.57 Å². The van der Waals surface area contributed by atoms with Gasteiger partial charge in [-0.15, -0.1) is 0 Å². The average molecular weight is 545 g/mol. The summed E-state index contributed by atoms with van der Waals surface area (Å²) in [6.45, 7) is 2.20. The van der Waals surface area contributed by atoms with E-state index in [2.05, 4.69) is 11.4 Å². The highest BCUT2D eigenvalue weighted by atomic mass is 31.2. The number of hydrogen-bond donors (Lipinski definition) is 3. The number of aryl methyl sites for hydroxylation is 1. The second-order valence-corrected chi connectivity index (χ2v) is 10.4. The van der Waals surface area contributed by atoms with Crippen LogP contribution in [0, 0.1) is 0 Å². The van der Waals surface area contributed by atoms with Crippen LogP contribution in [0.1, 0.15) is 83.1 Å². The lowest BCUT2D eigenvalue weighted by Crippen LogP contribution is -2.39. The van der Waals surface area contributed by atoms with Gasteiger partial charge in [0, 0.05) is 12.8 Å². The third-order valence-electron chi connectivity index (χ3n) is 5.67. The van der Waals surface area contributed by atoms with E-state index < -0.39 is 26.4 Å². The van der Waals surface area contributed by atoms with Crippen LogP contribution in [-0.4, -0.2) is 49.2 Å². The number of carbonyl (C=O) groups is 2. The fraction of sp³-hybridized carbons (Fsp3) is 0.692. The van der Waals surface area contributed by atoms with E-state index in [0.29, 0.717) is 13.0 Å². The molecule has 5 N–H and O–H groups in total. The van der Waals surface area contributed by atoms with Crippen molar-refractivity contribution in [3.8, 4) is 5.75 Å². The third kappa shape index (κ3) is 17.2.